The van der Waals surface area contributed by atoms with Crippen molar-refractivity contribution in [1.29, 1.82) is 0 Å². The molecule has 0 radical (unpaired) electrons. The van der Waals surface area contributed by atoms with E-state index in [1.165, 1.54) is 11.8 Å². The van der Waals surface area contributed by atoms with Crippen LogP contribution in [-0.4, -0.2) is 65.2 Å². The van der Waals surface area contributed by atoms with Gasteiger partial charge in [0.1, 0.15) is 5.75 Å². The number of aromatic nitrogens is 3. The highest BCUT2D eigenvalue weighted by molar-refractivity contribution is 7.99. The van der Waals surface area contributed by atoms with Gasteiger partial charge in [0.05, 0.1) is 19.1 Å². The number of anilines is 1. The van der Waals surface area contributed by atoms with Crippen molar-refractivity contribution < 1.29 is 17.9 Å². The van der Waals surface area contributed by atoms with Crippen LogP contribution >= 0.6 is 11.8 Å². The molecule has 2 heterocycles. The summed E-state index contributed by atoms with van der Waals surface area (Å²) in [6.07, 6.45) is 4.30. The van der Waals surface area contributed by atoms with Crippen LogP contribution in [0.3, 0.4) is 0 Å². The van der Waals surface area contributed by atoms with Crippen LogP contribution in [0.4, 0.5) is 5.69 Å². The summed E-state index contributed by atoms with van der Waals surface area (Å²) in [5.74, 6) is 1.67. The van der Waals surface area contributed by atoms with E-state index >= 15 is 0 Å². The maximum atomic E-state index is 13.1. The quantitative estimate of drug-likeness (QED) is 0.436. The third-order valence-corrected chi connectivity index (χ3v) is 7.74. The Morgan fingerprint density at radius 1 is 1.06 bits per heavy atom. The van der Waals surface area contributed by atoms with Gasteiger partial charge in [-0.3, -0.25) is 14.1 Å². The van der Waals surface area contributed by atoms with Gasteiger partial charge in [0.2, 0.25) is 15.9 Å². The molecule has 1 aliphatic rings. The van der Waals surface area contributed by atoms with E-state index in [9.17, 15) is 13.2 Å². The van der Waals surface area contributed by atoms with E-state index in [4.69, 9.17) is 4.74 Å². The lowest BCUT2D eigenvalue weighted by Crippen LogP contribution is -2.48. The van der Waals surface area contributed by atoms with E-state index in [0.29, 0.717) is 16.7 Å². The number of hydrogen-bond acceptors (Lipinski definition) is 7. The maximum Gasteiger partial charge on any atom is 0.233 e. The first-order valence-corrected chi connectivity index (χ1v) is 14.7. The fraction of sp³-hybridized carbons (Fsp3) is 0.400. The van der Waals surface area contributed by atoms with Gasteiger partial charge in [0.25, 0.3) is 0 Å². The second-order valence-corrected chi connectivity index (χ2v) is 11.7. The highest BCUT2D eigenvalue weighted by Crippen LogP contribution is 2.31. The monoisotopic (exact) mass is 529 g/mol. The lowest BCUT2D eigenvalue weighted by Gasteiger charge is -2.39. The molecule has 1 amide bonds. The molecule has 0 unspecified atom stereocenters. The van der Waals surface area contributed by atoms with Crippen LogP contribution in [0.1, 0.15) is 33.1 Å². The molecule has 1 aromatic heterocycles. The zero-order valence-electron chi connectivity index (χ0n) is 20.8. The van der Waals surface area contributed by atoms with Gasteiger partial charge in [-0.1, -0.05) is 11.8 Å². The number of nitrogens with one attached hydrogen (secondary N) is 1. The minimum Gasteiger partial charge on any atom is -0.497 e. The molecule has 192 valence electrons. The van der Waals surface area contributed by atoms with Crippen molar-refractivity contribution >= 4 is 33.4 Å². The molecule has 11 heteroatoms. The predicted octanol–water partition coefficient (Wildman–Crippen LogP) is 4.20. The van der Waals surface area contributed by atoms with Gasteiger partial charge in [-0.25, -0.2) is 8.42 Å². The molecule has 4 rings (SSSR count). The van der Waals surface area contributed by atoms with E-state index < -0.39 is 10.0 Å². The third kappa shape index (κ3) is 6.01. The molecule has 2 aromatic carbocycles. The summed E-state index contributed by atoms with van der Waals surface area (Å²) in [6.45, 7) is 4.22. The number of thioether (sulfide) groups is 1. The molecular formula is C25H31N5O4S2. The molecule has 36 heavy (non-hydrogen) atoms. The van der Waals surface area contributed by atoms with Crippen LogP contribution < -0.4 is 9.46 Å². The third-order valence-electron chi connectivity index (χ3n) is 6.22. The smallest absolute Gasteiger partial charge is 0.233 e. The molecular weight excluding hydrogens is 498 g/mol. The number of amides is 1. The number of benzene rings is 2. The molecule has 0 bridgehead atoms. The van der Waals surface area contributed by atoms with Gasteiger partial charge in [-0.2, -0.15) is 0 Å². The minimum absolute atomic E-state index is 0.0988. The number of carbonyl (C=O) groups excluding carboxylic acids is 1. The van der Waals surface area contributed by atoms with Crippen LogP contribution in [0.15, 0.2) is 53.7 Å². The van der Waals surface area contributed by atoms with Gasteiger partial charge >= 0.3 is 0 Å². The fourth-order valence-corrected chi connectivity index (χ4v) is 5.91. The number of methoxy groups -OCH3 is 1. The number of rotatable bonds is 8. The van der Waals surface area contributed by atoms with E-state index in [2.05, 4.69) is 28.8 Å². The van der Waals surface area contributed by atoms with Crippen molar-refractivity contribution in [1.82, 2.24) is 19.7 Å². The minimum atomic E-state index is -3.38. The van der Waals surface area contributed by atoms with Crippen molar-refractivity contribution in [3.63, 3.8) is 0 Å². The van der Waals surface area contributed by atoms with Crippen LogP contribution in [0.2, 0.25) is 0 Å². The molecule has 0 saturated carbocycles. The standard InChI is InChI=1S/C25H31N5O4S2/c1-17-6-5-7-18(2)29(17)23(31)16-35-25-27-26-24(30(25)21-12-14-22(34-3)15-13-21)19-8-10-20(11-9-19)28-36(4,32)33/h8-15,17-18,28H,5-7,16H2,1-4H3/t17-,18-/m1/s1. The van der Waals surface area contributed by atoms with Gasteiger partial charge in [0, 0.05) is 29.0 Å². The summed E-state index contributed by atoms with van der Waals surface area (Å²) >= 11 is 1.36. The second kappa shape index (κ2) is 10.9. The largest absolute Gasteiger partial charge is 0.497 e. The molecule has 1 saturated heterocycles. The average molecular weight is 530 g/mol. The molecule has 2 atom stereocenters. The first kappa shape index (κ1) is 26.0. The Balaban J connectivity index is 1.64. The zero-order chi connectivity index (χ0) is 25.9. The van der Waals surface area contributed by atoms with Crippen molar-refractivity contribution in [2.75, 3.05) is 23.8 Å². The number of sulfonamides is 1. The lowest BCUT2D eigenvalue weighted by atomic mass is 9.98. The summed E-state index contributed by atoms with van der Waals surface area (Å²) in [6, 6.07) is 14.9. The number of likely N-dealkylation sites (tertiary alicyclic amines) is 1. The van der Waals surface area contributed by atoms with Gasteiger partial charge in [-0.15, -0.1) is 10.2 Å². The topological polar surface area (TPSA) is 106 Å². The van der Waals surface area contributed by atoms with E-state index in [1.54, 1.807) is 31.4 Å². The Morgan fingerprint density at radius 3 is 2.28 bits per heavy atom. The Kier molecular flexibility index (Phi) is 7.89. The summed E-state index contributed by atoms with van der Waals surface area (Å²) < 4.78 is 32.8. The van der Waals surface area contributed by atoms with Crippen molar-refractivity contribution in [3.05, 3.63) is 48.5 Å². The number of piperidine rings is 1. The molecule has 3 aromatic rings. The van der Waals surface area contributed by atoms with Gasteiger partial charge in [-0.05, 0) is 81.6 Å². The summed E-state index contributed by atoms with van der Waals surface area (Å²) in [4.78, 5) is 15.1. The van der Waals surface area contributed by atoms with Crippen LogP contribution in [0.5, 0.6) is 5.75 Å². The fourth-order valence-electron chi connectivity index (χ4n) is 4.53. The van der Waals surface area contributed by atoms with Crippen molar-refractivity contribution in [2.24, 2.45) is 0 Å². The number of ether oxygens (including phenoxy) is 1. The van der Waals surface area contributed by atoms with Crippen molar-refractivity contribution in [2.45, 2.75) is 50.4 Å². The maximum absolute atomic E-state index is 13.1. The van der Waals surface area contributed by atoms with Crippen LogP contribution in [0.25, 0.3) is 17.1 Å². The van der Waals surface area contributed by atoms with E-state index in [0.717, 1.165) is 42.5 Å². The first-order valence-electron chi connectivity index (χ1n) is 11.8. The zero-order valence-corrected chi connectivity index (χ0v) is 22.5. The Bertz CT molecular complexity index is 1300. The normalized spacial score (nSPS) is 18.2. The Morgan fingerprint density at radius 2 is 1.69 bits per heavy atom. The van der Waals surface area contributed by atoms with Gasteiger partial charge < -0.3 is 9.64 Å². The summed E-state index contributed by atoms with van der Waals surface area (Å²) in [7, 11) is -1.76. The predicted molar refractivity (Wildman–Crippen MR) is 142 cm³/mol. The Labute approximate surface area is 216 Å². The summed E-state index contributed by atoms with van der Waals surface area (Å²) in [5.41, 5.74) is 2.04. The molecule has 1 N–H and O–H groups in total. The number of nitrogens with zero attached hydrogens (tertiary/aromatic N) is 4. The summed E-state index contributed by atoms with van der Waals surface area (Å²) in [5, 5.41) is 9.43. The molecule has 9 nitrogen and oxygen atoms in total. The lowest BCUT2D eigenvalue weighted by molar-refractivity contribution is -0.134. The highest BCUT2D eigenvalue weighted by Gasteiger charge is 2.29. The first-order chi connectivity index (χ1) is 17.2. The Hall–Kier alpha value is -3.05. The van der Waals surface area contributed by atoms with Crippen LogP contribution in [0, 0.1) is 0 Å². The molecule has 1 fully saturated rings. The highest BCUT2D eigenvalue weighted by atomic mass is 32.2. The molecule has 0 aliphatic carbocycles. The van der Waals surface area contributed by atoms with Crippen LogP contribution in [-0.2, 0) is 14.8 Å². The van der Waals surface area contributed by atoms with Gasteiger partial charge in [0.15, 0.2) is 11.0 Å². The molecule has 1 aliphatic heterocycles. The second-order valence-electron chi connectivity index (χ2n) is 9.01. The average Bonchev–Trinajstić information content (AvgIpc) is 3.26. The SMILES string of the molecule is COc1ccc(-n2c(SCC(=O)N3[C@H](C)CCC[C@H]3C)nnc2-c2ccc(NS(C)(=O)=O)cc2)cc1. The van der Waals surface area contributed by atoms with E-state index in [1.807, 2.05) is 33.7 Å². The number of carbonyl (C=O) groups is 1. The van der Waals surface area contributed by atoms with E-state index in [-0.39, 0.29) is 23.7 Å². The number of hydrogen-bond donors (Lipinski definition) is 1. The van der Waals surface area contributed by atoms with Crippen molar-refractivity contribution in [3.8, 4) is 22.8 Å². The molecule has 0 spiro atoms.